The van der Waals surface area contributed by atoms with Gasteiger partial charge >= 0.3 is 5.97 Å². The maximum absolute atomic E-state index is 11.2. The van der Waals surface area contributed by atoms with Gasteiger partial charge in [0.2, 0.25) is 0 Å². The van der Waals surface area contributed by atoms with Crippen LogP contribution in [0.3, 0.4) is 0 Å². The minimum absolute atomic E-state index is 0.354. The predicted molar refractivity (Wildman–Crippen MR) is 72.0 cm³/mol. The Morgan fingerprint density at radius 2 is 2.26 bits per heavy atom. The third kappa shape index (κ3) is 2.12. The van der Waals surface area contributed by atoms with E-state index >= 15 is 0 Å². The van der Waals surface area contributed by atoms with Gasteiger partial charge in [0.1, 0.15) is 17.4 Å². The molecule has 1 fully saturated rings. The molecule has 1 aromatic heterocycles. The Morgan fingerprint density at radius 3 is 3.05 bits per heavy atom. The van der Waals surface area contributed by atoms with Crippen molar-refractivity contribution in [3.63, 3.8) is 0 Å². The molecule has 2 heterocycles. The van der Waals surface area contributed by atoms with Crippen LogP contribution in [0.4, 0.5) is 0 Å². The summed E-state index contributed by atoms with van der Waals surface area (Å²) < 4.78 is 5.73. The SMILES string of the molecule is Cc1oc2ccccc2c1CN1CCC[C@H]1C(=O)O. The number of carbonyl (C=O) groups is 1. The number of benzene rings is 1. The Labute approximate surface area is 111 Å². The molecule has 1 aliphatic rings. The van der Waals surface area contributed by atoms with Crippen molar-refractivity contribution in [2.75, 3.05) is 6.54 Å². The van der Waals surface area contributed by atoms with Gasteiger partial charge < -0.3 is 9.52 Å². The first-order valence-electron chi connectivity index (χ1n) is 6.60. The van der Waals surface area contributed by atoms with Crippen LogP contribution in [0.15, 0.2) is 28.7 Å². The Morgan fingerprint density at radius 1 is 1.47 bits per heavy atom. The van der Waals surface area contributed by atoms with Gasteiger partial charge in [-0.05, 0) is 32.4 Å². The summed E-state index contributed by atoms with van der Waals surface area (Å²) in [7, 11) is 0. The van der Waals surface area contributed by atoms with E-state index in [1.165, 1.54) is 0 Å². The van der Waals surface area contributed by atoms with Crippen LogP contribution >= 0.6 is 0 Å². The van der Waals surface area contributed by atoms with E-state index in [9.17, 15) is 9.90 Å². The monoisotopic (exact) mass is 259 g/mol. The summed E-state index contributed by atoms with van der Waals surface area (Å²) in [6.45, 7) is 3.44. The lowest BCUT2D eigenvalue weighted by Gasteiger charge is -2.20. The van der Waals surface area contributed by atoms with Crippen LogP contribution < -0.4 is 0 Å². The third-order valence-corrected chi connectivity index (χ3v) is 3.91. The van der Waals surface area contributed by atoms with E-state index < -0.39 is 5.97 Å². The van der Waals surface area contributed by atoms with Crippen molar-refractivity contribution in [1.82, 2.24) is 4.90 Å². The highest BCUT2D eigenvalue weighted by molar-refractivity contribution is 5.82. The van der Waals surface area contributed by atoms with Gasteiger partial charge in [0.15, 0.2) is 0 Å². The zero-order valence-corrected chi connectivity index (χ0v) is 10.9. The van der Waals surface area contributed by atoms with Gasteiger partial charge in [-0.2, -0.15) is 0 Å². The van der Waals surface area contributed by atoms with E-state index in [1.807, 2.05) is 36.1 Å². The fourth-order valence-electron chi connectivity index (χ4n) is 2.92. The predicted octanol–water partition coefficient (Wildman–Crippen LogP) is 2.79. The van der Waals surface area contributed by atoms with Crippen molar-refractivity contribution in [2.45, 2.75) is 32.4 Å². The number of para-hydroxylation sites is 1. The summed E-state index contributed by atoms with van der Waals surface area (Å²) in [6.07, 6.45) is 1.69. The molecular weight excluding hydrogens is 242 g/mol. The fraction of sp³-hybridized carbons (Fsp3) is 0.400. The van der Waals surface area contributed by atoms with Gasteiger partial charge in [0.25, 0.3) is 0 Å². The Hall–Kier alpha value is -1.81. The molecule has 0 amide bonds. The van der Waals surface area contributed by atoms with Crippen molar-refractivity contribution in [2.24, 2.45) is 0 Å². The molecule has 0 radical (unpaired) electrons. The largest absolute Gasteiger partial charge is 0.480 e. The first-order valence-corrected chi connectivity index (χ1v) is 6.60. The number of carboxylic acid groups (broad SMARTS) is 1. The van der Waals surface area contributed by atoms with E-state index in [1.54, 1.807) is 0 Å². The third-order valence-electron chi connectivity index (χ3n) is 3.91. The standard InChI is InChI=1S/C15H17NO3/c1-10-12(11-5-2-3-7-14(11)19-10)9-16-8-4-6-13(16)15(17)18/h2-3,5,7,13H,4,6,8-9H2,1H3,(H,17,18)/t13-/m0/s1. The Bertz CT molecular complexity index is 617. The highest BCUT2D eigenvalue weighted by atomic mass is 16.4. The smallest absolute Gasteiger partial charge is 0.320 e. The molecule has 4 heteroatoms. The number of rotatable bonds is 3. The summed E-state index contributed by atoms with van der Waals surface area (Å²) in [5.74, 6) is 0.167. The van der Waals surface area contributed by atoms with Gasteiger partial charge in [-0.15, -0.1) is 0 Å². The van der Waals surface area contributed by atoms with Crippen molar-refractivity contribution < 1.29 is 14.3 Å². The lowest BCUT2D eigenvalue weighted by molar-refractivity contribution is -0.142. The molecule has 100 valence electrons. The number of aryl methyl sites for hydroxylation is 1. The lowest BCUT2D eigenvalue weighted by Crippen LogP contribution is -2.35. The molecule has 1 saturated heterocycles. The highest BCUT2D eigenvalue weighted by Gasteiger charge is 2.31. The molecule has 4 nitrogen and oxygen atoms in total. The highest BCUT2D eigenvalue weighted by Crippen LogP contribution is 2.29. The molecular formula is C15H17NO3. The fourth-order valence-corrected chi connectivity index (χ4v) is 2.92. The summed E-state index contributed by atoms with van der Waals surface area (Å²) in [4.78, 5) is 13.3. The maximum Gasteiger partial charge on any atom is 0.320 e. The van der Waals surface area contributed by atoms with Crippen LogP contribution in [-0.2, 0) is 11.3 Å². The zero-order chi connectivity index (χ0) is 13.4. The number of hydrogen-bond donors (Lipinski definition) is 1. The minimum Gasteiger partial charge on any atom is -0.480 e. The number of carboxylic acids is 1. The van der Waals surface area contributed by atoms with Crippen molar-refractivity contribution in [1.29, 1.82) is 0 Å². The minimum atomic E-state index is -0.719. The molecule has 0 saturated carbocycles. The molecule has 1 aliphatic heterocycles. The van der Waals surface area contributed by atoms with Crippen LogP contribution in [0.5, 0.6) is 0 Å². The maximum atomic E-state index is 11.2. The average Bonchev–Trinajstić information content (AvgIpc) is 2.96. The van der Waals surface area contributed by atoms with Crippen LogP contribution in [0.1, 0.15) is 24.2 Å². The van der Waals surface area contributed by atoms with E-state index in [0.29, 0.717) is 6.54 Å². The second kappa shape index (κ2) is 4.70. The van der Waals surface area contributed by atoms with E-state index in [0.717, 1.165) is 41.7 Å². The zero-order valence-electron chi connectivity index (χ0n) is 10.9. The first-order chi connectivity index (χ1) is 9.16. The van der Waals surface area contributed by atoms with Gasteiger partial charge in [0, 0.05) is 17.5 Å². The summed E-state index contributed by atoms with van der Waals surface area (Å²) in [5, 5.41) is 10.3. The molecule has 1 atom stereocenters. The summed E-state index contributed by atoms with van der Waals surface area (Å²) in [5.41, 5.74) is 1.99. The lowest BCUT2D eigenvalue weighted by atomic mass is 10.1. The molecule has 3 rings (SSSR count). The molecule has 19 heavy (non-hydrogen) atoms. The van der Waals surface area contributed by atoms with Crippen LogP contribution in [-0.4, -0.2) is 28.6 Å². The normalized spacial score (nSPS) is 20.2. The number of fused-ring (bicyclic) bond motifs is 1. The van der Waals surface area contributed by atoms with Gasteiger partial charge in [-0.25, -0.2) is 0 Å². The quantitative estimate of drug-likeness (QED) is 0.920. The first kappa shape index (κ1) is 12.2. The molecule has 0 bridgehead atoms. The Balaban J connectivity index is 1.93. The number of nitrogens with zero attached hydrogens (tertiary/aromatic N) is 1. The number of furan rings is 1. The second-order valence-electron chi connectivity index (χ2n) is 5.10. The number of aliphatic carboxylic acids is 1. The van der Waals surface area contributed by atoms with Crippen molar-refractivity contribution in [3.05, 3.63) is 35.6 Å². The van der Waals surface area contributed by atoms with E-state index in [-0.39, 0.29) is 6.04 Å². The van der Waals surface area contributed by atoms with Crippen LogP contribution in [0.2, 0.25) is 0 Å². The van der Waals surface area contributed by atoms with Crippen molar-refractivity contribution in [3.8, 4) is 0 Å². The molecule has 1 N–H and O–H groups in total. The molecule has 0 aliphatic carbocycles. The van der Waals surface area contributed by atoms with Gasteiger partial charge in [0.05, 0.1) is 0 Å². The average molecular weight is 259 g/mol. The van der Waals surface area contributed by atoms with E-state index in [2.05, 4.69) is 0 Å². The molecule has 2 aromatic rings. The Kier molecular flexibility index (Phi) is 3.03. The van der Waals surface area contributed by atoms with Gasteiger partial charge in [-0.3, -0.25) is 9.69 Å². The van der Waals surface area contributed by atoms with Crippen molar-refractivity contribution >= 4 is 16.9 Å². The van der Waals surface area contributed by atoms with Crippen LogP contribution in [0, 0.1) is 6.92 Å². The molecule has 0 unspecified atom stereocenters. The van der Waals surface area contributed by atoms with Gasteiger partial charge in [-0.1, -0.05) is 18.2 Å². The second-order valence-corrected chi connectivity index (χ2v) is 5.10. The summed E-state index contributed by atoms with van der Waals surface area (Å²) in [6, 6.07) is 7.56. The molecule has 0 spiro atoms. The summed E-state index contributed by atoms with van der Waals surface area (Å²) >= 11 is 0. The molecule has 1 aromatic carbocycles. The number of hydrogen-bond acceptors (Lipinski definition) is 3. The topological polar surface area (TPSA) is 53.7 Å². The van der Waals surface area contributed by atoms with E-state index in [4.69, 9.17) is 4.42 Å². The number of likely N-dealkylation sites (tertiary alicyclic amines) is 1. The van der Waals surface area contributed by atoms with Crippen LogP contribution in [0.25, 0.3) is 11.0 Å².